The van der Waals surface area contributed by atoms with Crippen molar-refractivity contribution in [3.63, 3.8) is 0 Å². The van der Waals surface area contributed by atoms with Crippen LogP contribution in [0.15, 0.2) is 4.99 Å². The predicted molar refractivity (Wildman–Crippen MR) is 75.7 cm³/mol. The maximum atomic E-state index is 5.68. The highest BCUT2D eigenvalue weighted by molar-refractivity contribution is 14.0. The fraction of sp³-hybridized carbons (Fsp3) is 0.889. The van der Waals surface area contributed by atoms with E-state index in [4.69, 9.17) is 5.73 Å². The van der Waals surface area contributed by atoms with Gasteiger partial charge in [0, 0.05) is 11.3 Å². The maximum Gasteiger partial charge on any atom is 0.188 e. The Morgan fingerprint density at radius 1 is 1.64 bits per heavy atom. The Balaban J connectivity index is 0.00000169. The van der Waals surface area contributed by atoms with Crippen LogP contribution in [0.1, 0.15) is 26.7 Å². The third-order valence-electron chi connectivity index (χ3n) is 1.93. The molecule has 1 rings (SSSR count). The van der Waals surface area contributed by atoms with Gasteiger partial charge in [-0.05, 0) is 32.4 Å². The van der Waals surface area contributed by atoms with Crippen molar-refractivity contribution in [2.75, 3.05) is 12.3 Å². The summed E-state index contributed by atoms with van der Waals surface area (Å²) in [6.07, 6.45) is 2.63. The van der Waals surface area contributed by atoms with Crippen molar-refractivity contribution < 1.29 is 0 Å². The topological polar surface area (TPSA) is 50.4 Å². The van der Waals surface area contributed by atoms with E-state index in [-0.39, 0.29) is 24.0 Å². The van der Waals surface area contributed by atoms with Crippen LogP contribution < -0.4 is 11.1 Å². The Bertz CT molecular complexity index is 179. The molecule has 5 heteroatoms. The van der Waals surface area contributed by atoms with Crippen molar-refractivity contribution in [2.45, 2.75) is 38.0 Å². The lowest BCUT2D eigenvalue weighted by molar-refractivity contribution is 0.717. The first kappa shape index (κ1) is 14.3. The van der Waals surface area contributed by atoms with Crippen molar-refractivity contribution in [2.24, 2.45) is 10.7 Å². The molecule has 3 nitrogen and oxygen atoms in total. The second kappa shape index (κ2) is 7.62. The third-order valence-corrected chi connectivity index (χ3v) is 3.31. The molecule has 1 atom stereocenters. The first-order valence-electron chi connectivity index (χ1n) is 4.86. The number of nitrogens with zero attached hydrogens (tertiary/aromatic N) is 1. The number of nitrogens with two attached hydrogens (primary N) is 1. The summed E-state index contributed by atoms with van der Waals surface area (Å²) in [4.78, 5) is 4.31. The molecule has 1 aliphatic heterocycles. The highest BCUT2D eigenvalue weighted by Gasteiger charge is 2.14. The molecule has 0 bridgehead atoms. The van der Waals surface area contributed by atoms with Gasteiger partial charge < -0.3 is 11.1 Å². The van der Waals surface area contributed by atoms with E-state index >= 15 is 0 Å². The number of guanidine groups is 1. The molecule has 1 unspecified atom stereocenters. The summed E-state index contributed by atoms with van der Waals surface area (Å²) < 4.78 is 0. The number of thioether (sulfide) groups is 1. The standard InChI is InChI=1S/C9H19N3S.HI/c1-7(2)12-9(10)11-6-8-4-3-5-13-8;/h7-8H,3-6H2,1-2H3,(H3,10,11,12);1H. The zero-order valence-electron chi connectivity index (χ0n) is 8.82. The van der Waals surface area contributed by atoms with Crippen LogP contribution >= 0.6 is 35.7 Å². The molecular formula is C9H20IN3S. The van der Waals surface area contributed by atoms with Gasteiger partial charge in [-0.15, -0.1) is 24.0 Å². The number of rotatable bonds is 3. The molecule has 0 aromatic heterocycles. The van der Waals surface area contributed by atoms with Gasteiger partial charge in [0.05, 0.1) is 6.54 Å². The van der Waals surface area contributed by atoms with E-state index in [0.717, 1.165) is 6.54 Å². The van der Waals surface area contributed by atoms with Crippen LogP contribution in [0.2, 0.25) is 0 Å². The normalized spacial score (nSPS) is 22.2. The predicted octanol–water partition coefficient (Wildman–Crippen LogP) is 1.81. The largest absolute Gasteiger partial charge is 0.370 e. The summed E-state index contributed by atoms with van der Waals surface area (Å²) in [5.74, 6) is 1.88. The van der Waals surface area contributed by atoms with Crippen molar-refractivity contribution in [1.82, 2.24) is 5.32 Å². The summed E-state index contributed by atoms with van der Waals surface area (Å²) in [6, 6.07) is 0.375. The molecule has 0 spiro atoms. The van der Waals surface area contributed by atoms with Gasteiger partial charge in [-0.3, -0.25) is 4.99 Å². The van der Waals surface area contributed by atoms with Crippen molar-refractivity contribution in [1.29, 1.82) is 0 Å². The van der Waals surface area contributed by atoms with E-state index in [1.54, 1.807) is 0 Å². The molecule has 0 aromatic rings. The molecule has 1 heterocycles. The number of aliphatic imine (C=N–C) groups is 1. The van der Waals surface area contributed by atoms with Gasteiger partial charge in [0.1, 0.15) is 0 Å². The van der Waals surface area contributed by atoms with Crippen LogP contribution in [0.4, 0.5) is 0 Å². The minimum Gasteiger partial charge on any atom is -0.370 e. The van der Waals surface area contributed by atoms with Gasteiger partial charge in [-0.2, -0.15) is 11.8 Å². The van der Waals surface area contributed by atoms with E-state index in [0.29, 0.717) is 17.3 Å². The molecule has 0 radical (unpaired) electrons. The molecule has 0 saturated carbocycles. The van der Waals surface area contributed by atoms with E-state index in [2.05, 4.69) is 24.2 Å². The van der Waals surface area contributed by atoms with E-state index < -0.39 is 0 Å². The van der Waals surface area contributed by atoms with Crippen LogP contribution in [0.5, 0.6) is 0 Å². The molecule has 3 N–H and O–H groups in total. The lowest BCUT2D eigenvalue weighted by Gasteiger charge is -2.09. The fourth-order valence-electron chi connectivity index (χ4n) is 1.33. The summed E-state index contributed by atoms with van der Waals surface area (Å²) in [5, 5.41) is 3.79. The van der Waals surface area contributed by atoms with Crippen LogP contribution in [0.25, 0.3) is 0 Å². The Labute approximate surface area is 108 Å². The Morgan fingerprint density at radius 2 is 2.36 bits per heavy atom. The van der Waals surface area contributed by atoms with E-state index in [9.17, 15) is 0 Å². The van der Waals surface area contributed by atoms with Crippen molar-refractivity contribution in [3.8, 4) is 0 Å². The Hall–Kier alpha value is 0.350. The molecule has 1 saturated heterocycles. The Kier molecular flexibility index (Phi) is 7.81. The van der Waals surface area contributed by atoms with Crippen LogP contribution in [-0.4, -0.2) is 29.5 Å². The van der Waals surface area contributed by atoms with Crippen LogP contribution in [-0.2, 0) is 0 Å². The monoisotopic (exact) mass is 329 g/mol. The number of hydrogen-bond donors (Lipinski definition) is 2. The molecule has 0 aliphatic carbocycles. The fourth-order valence-corrected chi connectivity index (χ4v) is 2.51. The molecule has 1 aliphatic rings. The molecule has 14 heavy (non-hydrogen) atoms. The maximum absolute atomic E-state index is 5.68. The highest BCUT2D eigenvalue weighted by atomic mass is 127. The van der Waals surface area contributed by atoms with Crippen LogP contribution in [0.3, 0.4) is 0 Å². The minimum absolute atomic E-state index is 0. The SMILES string of the molecule is CC(C)NC(N)=NCC1CCCS1.I. The lowest BCUT2D eigenvalue weighted by Crippen LogP contribution is -2.37. The van der Waals surface area contributed by atoms with E-state index in [1.165, 1.54) is 18.6 Å². The van der Waals surface area contributed by atoms with Crippen molar-refractivity contribution in [3.05, 3.63) is 0 Å². The molecular weight excluding hydrogens is 309 g/mol. The zero-order valence-corrected chi connectivity index (χ0v) is 12.0. The summed E-state index contributed by atoms with van der Waals surface area (Å²) in [5.41, 5.74) is 5.68. The average molecular weight is 329 g/mol. The molecule has 84 valence electrons. The quantitative estimate of drug-likeness (QED) is 0.472. The molecule has 0 aromatic carbocycles. The minimum atomic E-state index is 0. The summed E-state index contributed by atoms with van der Waals surface area (Å²) in [7, 11) is 0. The zero-order chi connectivity index (χ0) is 9.68. The summed E-state index contributed by atoms with van der Waals surface area (Å²) >= 11 is 2.01. The average Bonchev–Trinajstić information content (AvgIpc) is 2.51. The van der Waals surface area contributed by atoms with Gasteiger partial charge in [-0.25, -0.2) is 0 Å². The third kappa shape index (κ3) is 5.95. The van der Waals surface area contributed by atoms with Gasteiger partial charge >= 0.3 is 0 Å². The number of hydrogen-bond acceptors (Lipinski definition) is 2. The smallest absolute Gasteiger partial charge is 0.188 e. The van der Waals surface area contributed by atoms with E-state index in [1.807, 2.05) is 11.8 Å². The lowest BCUT2D eigenvalue weighted by atomic mass is 10.2. The van der Waals surface area contributed by atoms with Crippen LogP contribution in [0, 0.1) is 0 Å². The molecule has 0 amide bonds. The second-order valence-corrected chi connectivity index (χ2v) is 5.07. The number of nitrogens with one attached hydrogen (secondary N) is 1. The van der Waals surface area contributed by atoms with Crippen molar-refractivity contribution >= 4 is 41.7 Å². The highest BCUT2D eigenvalue weighted by Crippen LogP contribution is 2.25. The van der Waals surface area contributed by atoms with Gasteiger partial charge in [0.25, 0.3) is 0 Å². The Morgan fingerprint density at radius 3 is 2.86 bits per heavy atom. The van der Waals surface area contributed by atoms with Gasteiger partial charge in [0.2, 0.25) is 0 Å². The summed E-state index contributed by atoms with van der Waals surface area (Å²) in [6.45, 7) is 5.00. The van der Waals surface area contributed by atoms with Gasteiger partial charge in [0.15, 0.2) is 5.96 Å². The van der Waals surface area contributed by atoms with Gasteiger partial charge in [-0.1, -0.05) is 0 Å². The first-order valence-corrected chi connectivity index (χ1v) is 5.91. The second-order valence-electron chi connectivity index (χ2n) is 3.66. The number of halogens is 1. The molecule has 1 fully saturated rings. The first-order chi connectivity index (χ1) is 6.18.